The molecule has 0 atom stereocenters. The number of amides is 1. The quantitative estimate of drug-likeness (QED) is 0.461. The van der Waals surface area contributed by atoms with Crippen molar-refractivity contribution in [3.05, 3.63) is 49.8 Å². The van der Waals surface area contributed by atoms with Crippen LogP contribution in [0.3, 0.4) is 0 Å². The number of fused-ring (bicyclic) bond motifs is 1. The average molecular weight is 426 g/mol. The molecule has 0 saturated carbocycles. The Morgan fingerprint density at radius 3 is 2.52 bits per heavy atom. The number of ether oxygens (including phenoxy) is 1. The number of carbonyl (C=O) groups excluding carboxylic acids is 2. The van der Waals surface area contributed by atoms with Crippen molar-refractivity contribution in [1.82, 2.24) is 0 Å². The van der Waals surface area contributed by atoms with Gasteiger partial charge in [-0.05, 0) is 49.8 Å². The second kappa shape index (κ2) is 9.09. The molecule has 0 spiro atoms. The van der Waals surface area contributed by atoms with E-state index >= 15 is 0 Å². The number of thiophene rings is 1. The van der Waals surface area contributed by atoms with Gasteiger partial charge in [-0.2, -0.15) is 0 Å². The van der Waals surface area contributed by atoms with Crippen molar-refractivity contribution < 1.29 is 14.3 Å². The van der Waals surface area contributed by atoms with Gasteiger partial charge in [-0.1, -0.05) is 42.6 Å². The Hall–Kier alpha value is -1.56. The van der Waals surface area contributed by atoms with Crippen LogP contribution in [0.1, 0.15) is 63.8 Å². The monoisotopic (exact) mass is 425 g/mol. The van der Waals surface area contributed by atoms with Crippen LogP contribution in [-0.4, -0.2) is 18.5 Å². The molecule has 2 aromatic rings. The molecule has 1 amide bonds. The Kier molecular flexibility index (Phi) is 6.79. The van der Waals surface area contributed by atoms with E-state index in [1.807, 2.05) is 6.92 Å². The Labute approximate surface area is 172 Å². The van der Waals surface area contributed by atoms with E-state index in [4.69, 9.17) is 27.9 Å². The molecule has 1 aromatic carbocycles. The lowest BCUT2D eigenvalue weighted by Gasteiger charge is -2.10. The van der Waals surface area contributed by atoms with Gasteiger partial charge < -0.3 is 10.1 Å². The molecule has 1 heterocycles. The highest BCUT2D eigenvalue weighted by atomic mass is 35.5. The molecule has 0 radical (unpaired) electrons. The maximum Gasteiger partial charge on any atom is 0.341 e. The second-order valence-electron chi connectivity index (χ2n) is 6.46. The van der Waals surface area contributed by atoms with Gasteiger partial charge in [0.25, 0.3) is 5.91 Å². The zero-order valence-corrected chi connectivity index (χ0v) is 17.4. The van der Waals surface area contributed by atoms with Crippen LogP contribution < -0.4 is 5.32 Å². The minimum Gasteiger partial charge on any atom is -0.462 e. The topological polar surface area (TPSA) is 55.4 Å². The van der Waals surface area contributed by atoms with Gasteiger partial charge in [-0.25, -0.2) is 4.79 Å². The molecule has 0 saturated heterocycles. The molecular formula is C20H21Cl2NO3S. The van der Waals surface area contributed by atoms with Crippen LogP contribution in [0.5, 0.6) is 0 Å². The number of aryl methyl sites for hydroxylation is 1. The van der Waals surface area contributed by atoms with Crippen LogP contribution in [0.2, 0.25) is 10.0 Å². The Balaban J connectivity index is 1.97. The summed E-state index contributed by atoms with van der Waals surface area (Å²) in [6.07, 6.45) is 5.74. The number of hydrogen-bond donors (Lipinski definition) is 1. The molecule has 1 aromatic heterocycles. The van der Waals surface area contributed by atoms with E-state index in [9.17, 15) is 9.59 Å². The number of benzene rings is 1. The highest BCUT2D eigenvalue weighted by Crippen LogP contribution is 2.38. The molecule has 4 nitrogen and oxygen atoms in total. The van der Waals surface area contributed by atoms with E-state index in [0.717, 1.165) is 49.0 Å². The summed E-state index contributed by atoms with van der Waals surface area (Å²) >= 11 is 13.8. The number of nitrogens with one attached hydrogen (secondary N) is 1. The van der Waals surface area contributed by atoms with E-state index in [1.165, 1.54) is 11.3 Å². The molecule has 0 fully saturated rings. The molecule has 3 rings (SSSR count). The van der Waals surface area contributed by atoms with Crippen LogP contribution in [0.15, 0.2) is 18.2 Å². The zero-order chi connectivity index (χ0) is 19.4. The largest absolute Gasteiger partial charge is 0.462 e. The standard InChI is InChI=1S/C20H21Cl2NO3S/c1-2-11-26-20(25)16-12-7-4-3-5-10-15(12)27-19(16)23-18(24)17-13(21)8-6-9-14(17)22/h6,8-9H,2-5,7,10-11H2,1H3,(H,23,24). The first kappa shape index (κ1) is 20.2. The van der Waals surface area contributed by atoms with E-state index in [0.29, 0.717) is 17.2 Å². The number of anilines is 1. The second-order valence-corrected chi connectivity index (χ2v) is 8.37. The maximum absolute atomic E-state index is 12.8. The van der Waals surface area contributed by atoms with Gasteiger partial charge in [0.2, 0.25) is 0 Å². The fraction of sp³-hybridized carbons (Fsp3) is 0.400. The summed E-state index contributed by atoms with van der Waals surface area (Å²) in [5.74, 6) is -0.802. The Bertz CT molecular complexity index is 843. The van der Waals surface area contributed by atoms with Gasteiger partial charge in [-0.3, -0.25) is 4.79 Å². The lowest BCUT2D eigenvalue weighted by Crippen LogP contribution is -2.16. The molecule has 144 valence electrons. The van der Waals surface area contributed by atoms with Gasteiger partial charge in [-0.15, -0.1) is 11.3 Å². The molecule has 1 N–H and O–H groups in total. The average Bonchev–Trinajstić information content (AvgIpc) is 2.80. The summed E-state index contributed by atoms with van der Waals surface area (Å²) < 4.78 is 5.38. The molecule has 27 heavy (non-hydrogen) atoms. The first-order valence-corrected chi connectivity index (χ1v) is 10.7. The third-order valence-electron chi connectivity index (χ3n) is 4.48. The minimum absolute atomic E-state index is 0.206. The highest BCUT2D eigenvalue weighted by Gasteiger charge is 2.27. The third kappa shape index (κ3) is 4.48. The van der Waals surface area contributed by atoms with E-state index in [-0.39, 0.29) is 21.6 Å². The van der Waals surface area contributed by atoms with Crippen molar-refractivity contribution in [2.45, 2.75) is 45.4 Å². The molecule has 0 unspecified atom stereocenters. The molecular weight excluding hydrogens is 405 g/mol. The number of carbonyl (C=O) groups is 2. The molecule has 0 bridgehead atoms. The molecule has 7 heteroatoms. The summed E-state index contributed by atoms with van der Waals surface area (Å²) in [7, 11) is 0. The summed E-state index contributed by atoms with van der Waals surface area (Å²) in [5, 5.41) is 3.91. The molecule has 0 aliphatic heterocycles. The Morgan fingerprint density at radius 1 is 1.11 bits per heavy atom. The smallest absolute Gasteiger partial charge is 0.341 e. The van der Waals surface area contributed by atoms with Crippen LogP contribution in [-0.2, 0) is 17.6 Å². The zero-order valence-electron chi connectivity index (χ0n) is 15.1. The van der Waals surface area contributed by atoms with Crippen molar-refractivity contribution in [3.63, 3.8) is 0 Å². The van der Waals surface area contributed by atoms with Crippen molar-refractivity contribution in [2.75, 3.05) is 11.9 Å². The van der Waals surface area contributed by atoms with Crippen molar-refractivity contribution in [1.29, 1.82) is 0 Å². The van der Waals surface area contributed by atoms with Crippen molar-refractivity contribution in [2.24, 2.45) is 0 Å². The van der Waals surface area contributed by atoms with Crippen LogP contribution in [0.25, 0.3) is 0 Å². The van der Waals surface area contributed by atoms with Gasteiger partial charge in [0.1, 0.15) is 5.00 Å². The maximum atomic E-state index is 12.8. The van der Waals surface area contributed by atoms with E-state index < -0.39 is 5.91 Å². The first-order chi connectivity index (χ1) is 13.0. The fourth-order valence-electron chi connectivity index (χ4n) is 3.19. The van der Waals surface area contributed by atoms with Crippen LogP contribution in [0.4, 0.5) is 5.00 Å². The normalized spacial score (nSPS) is 13.6. The highest BCUT2D eigenvalue weighted by molar-refractivity contribution is 7.17. The predicted molar refractivity (Wildman–Crippen MR) is 111 cm³/mol. The predicted octanol–water partition coefficient (Wildman–Crippen LogP) is 6.14. The van der Waals surface area contributed by atoms with Gasteiger partial charge >= 0.3 is 5.97 Å². The van der Waals surface area contributed by atoms with E-state index in [1.54, 1.807) is 18.2 Å². The lowest BCUT2D eigenvalue weighted by atomic mass is 10.1. The van der Waals surface area contributed by atoms with Crippen LogP contribution >= 0.6 is 34.5 Å². The number of hydrogen-bond acceptors (Lipinski definition) is 4. The molecule has 1 aliphatic rings. The first-order valence-electron chi connectivity index (χ1n) is 9.10. The molecule has 1 aliphatic carbocycles. The van der Waals surface area contributed by atoms with Crippen LogP contribution in [0, 0.1) is 0 Å². The fourth-order valence-corrected chi connectivity index (χ4v) is 5.04. The summed E-state index contributed by atoms with van der Waals surface area (Å²) in [6, 6.07) is 4.91. The number of rotatable bonds is 5. The third-order valence-corrected chi connectivity index (χ3v) is 6.32. The lowest BCUT2D eigenvalue weighted by molar-refractivity contribution is 0.0505. The number of halogens is 2. The Morgan fingerprint density at radius 2 is 1.81 bits per heavy atom. The number of esters is 1. The minimum atomic E-state index is -0.424. The SMILES string of the molecule is CCCOC(=O)c1c(NC(=O)c2c(Cl)cccc2Cl)sc2c1CCCCC2. The van der Waals surface area contributed by atoms with Gasteiger partial charge in [0.15, 0.2) is 0 Å². The summed E-state index contributed by atoms with van der Waals surface area (Å²) in [6.45, 7) is 2.30. The van der Waals surface area contributed by atoms with Crippen molar-refractivity contribution >= 4 is 51.4 Å². The van der Waals surface area contributed by atoms with E-state index in [2.05, 4.69) is 5.32 Å². The van der Waals surface area contributed by atoms with Crippen molar-refractivity contribution in [3.8, 4) is 0 Å². The van der Waals surface area contributed by atoms with Gasteiger partial charge in [0.05, 0.1) is 27.8 Å². The summed E-state index contributed by atoms with van der Waals surface area (Å²) in [5.41, 5.74) is 1.71. The van der Waals surface area contributed by atoms with Gasteiger partial charge in [0, 0.05) is 4.88 Å². The summed E-state index contributed by atoms with van der Waals surface area (Å²) in [4.78, 5) is 26.7.